The van der Waals surface area contributed by atoms with Gasteiger partial charge in [-0.05, 0) is 53.6 Å². The largest absolute Gasteiger partial charge is 0.378 e. The van der Waals surface area contributed by atoms with Gasteiger partial charge in [0.1, 0.15) is 5.82 Å². The van der Waals surface area contributed by atoms with Crippen LogP contribution >= 0.6 is 11.8 Å². The predicted molar refractivity (Wildman–Crippen MR) is 131 cm³/mol. The Kier molecular flexibility index (Phi) is 6.47. The van der Waals surface area contributed by atoms with Crippen molar-refractivity contribution in [1.82, 2.24) is 4.90 Å². The fraction of sp³-hybridized carbons (Fsp3) is 0.185. The van der Waals surface area contributed by atoms with Crippen molar-refractivity contribution in [3.05, 3.63) is 100 Å². The second-order valence-electron chi connectivity index (χ2n) is 8.12. The summed E-state index contributed by atoms with van der Waals surface area (Å²) in [6.07, 6.45) is 1.85. The molecule has 0 unspecified atom stereocenters. The van der Waals surface area contributed by atoms with Gasteiger partial charge in [0.15, 0.2) is 0 Å². The van der Waals surface area contributed by atoms with Crippen LogP contribution in [0.3, 0.4) is 0 Å². The molecular weight excluding hydrogens is 451 g/mol. The van der Waals surface area contributed by atoms with Crippen molar-refractivity contribution < 1.29 is 18.7 Å². The van der Waals surface area contributed by atoms with E-state index in [-0.39, 0.29) is 17.6 Å². The van der Waals surface area contributed by atoms with Gasteiger partial charge >= 0.3 is 0 Å². The summed E-state index contributed by atoms with van der Waals surface area (Å²) in [5.41, 5.74) is 3.15. The number of rotatable bonds is 4. The summed E-state index contributed by atoms with van der Waals surface area (Å²) in [5.74, 6) is -0.424. The molecule has 3 aromatic carbocycles. The van der Waals surface area contributed by atoms with Crippen LogP contribution in [0.1, 0.15) is 21.5 Å². The second-order valence-corrected chi connectivity index (χ2v) is 9.21. The van der Waals surface area contributed by atoms with Gasteiger partial charge in [0.25, 0.3) is 11.8 Å². The van der Waals surface area contributed by atoms with E-state index in [9.17, 15) is 14.0 Å². The van der Waals surface area contributed by atoms with Crippen LogP contribution in [0.15, 0.2) is 82.6 Å². The van der Waals surface area contributed by atoms with Gasteiger partial charge in [-0.3, -0.25) is 9.59 Å². The molecule has 172 valence electrons. The Morgan fingerprint density at radius 2 is 1.68 bits per heavy atom. The third-order valence-corrected chi connectivity index (χ3v) is 6.92. The molecule has 2 amide bonds. The standard InChI is InChI=1S/C27H23FN2O3S/c28-22-11-7-20(8-12-22)18-30-23-3-1-2-4-24(23)34-25(27(30)32)17-19-5-9-21(10-6-19)26(31)29-13-15-33-16-14-29/h1-12,17H,13-16,18H2/b25-17-. The normalized spacial score (nSPS) is 17.1. The molecule has 2 aliphatic rings. The van der Waals surface area contributed by atoms with Gasteiger partial charge in [-0.25, -0.2) is 4.39 Å². The highest BCUT2D eigenvalue weighted by molar-refractivity contribution is 8.04. The average molecular weight is 475 g/mol. The van der Waals surface area contributed by atoms with Gasteiger partial charge in [-0.1, -0.05) is 48.2 Å². The molecule has 0 atom stereocenters. The molecule has 5 nitrogen and oxygen atoms in total. The predicted octanol–water partition coefficient (Wildman–Crippen LogP) is 4.98. The van der Waals surface area contributed by atoms with E-state index in [2.05, 4.69) is 0 Å². The lowest BCUT2D eigenvalue weighted by atomic mass is 10.1. The lowest BCUT2D eigenvalue weighted by Gasteiger charge is -2.30. The molecule has 7 heteroatoms. The average Bonchev–Trinajstić information content (AvgIpc) is 2.88. The first-order valence-electron chi connectivity index (χ1n) is 11.1. The molecule has 0 spiro atoms. The van der Waals surface area contributed by atoms with Gasteiger partial charge in [0.2, 0.25) is 0 Å². The zero-order valence-electron chi connectivity index (χ0n) is 18.4. The quantitative estimate of drug-likeness (QED) is 0.501. The van der Waals surface area contributed by atoms with Gasteiger partial charge in [0.05, 0.1) is 30.4 Å². The molecule has 1 fully saturated rings. The lowest BCUT2D eigenvalue weighted by Crippen LogP contribution is -2.40. The highest BCUT2D eigenvalue weighted by atomic mass is 32.2. The van der Waals surface area contributed by atoms with Crippen LogP contribution in [-0.2, 0) is 16.1 Å². The van der Waals surface area contributed by atoms with Crippen LogP contribution in [0, 0.1) is 5.82 Å². The van der Waals surface area contributed by atoms with Crippen molar-refractivity contribution >= 4 is 35.3 Å². The van der Waals surface area contributed by atoms with E-state index >= 15 is 0 Å². The summed E-state index contributed by atoms with van der Waals surface area (Å²) in [5, 5.41) is 0. The van der Waals surface area contributed by atoms with Crippen molar-refractivity contribution in [3.63, 3.8) is 0 Å². The molecule has 3 aromatic rings. The summed E-state index contributed by atoms with van der Waals surface area (Å²) in [7, 11) is 0. The molecule has 0 saturated carbocycles. The van der Waals surface area contributed by atoms with Crippen molar-refractivity contribution in [3.8, 4) is 0 Å². The highest BCUT2D eigenvalue weighted by Crippen LogP contribution is 2.42. The number of carbonyl (C=O) groups excluding carboxylic acids is 2. The number of ether oxygens (including phenoxy) is 1. The molecule has 2 aliphatic heterocycles. The number of para-hydroxylation sites is 1. The van der Waals surface area contributed by atoms with E-state index in [1.54, 1.807) is 34.1 Å². The topological polar surface area (TPSA) is 49.9 Å². The van der Waals surface area contributed by atoms with Crippen molar-refractivity contribution in [2.75, 3.05) is 31.2 Å². The number of anilines is 1. The first-order chi connectivity index (χ1) is 16.6. The smallest absolute Gasteiger partial charge is 0.265 e. The number of thioether (sulfide) groups is 1. The Morgan fingerprint density at radius 3 is 2.41 bits per heavy atom. The van der Waals surface area contributed by atoms with E-state index < -0.39 is 0 Å². The molecule has 0 radical (unpaired) electrons. The Hall–Kier alpha value is -3.42. The highest BCUT2D eigenvalue weighted by Gasteiger charge is 2.29. The Bertz CT molecular complexity index is 1240. The Morgan fingerprint density at radius 1 is 0.971 bits per heavy atom. The van der Waals surface area contributed by atoms with Gasteiger partial charge in [-0.15, -0.1) is 0 Å². The van der Waals surface area contributed by atoms with Crippen LogP contribution in [0.2, 0.25) is 0 Å². The van der Waals surface area contributed by atoms with Crippen LogP contribution < -0.4 is 4.90 Å². The first kappa shape index (κ1) is 22.4. The van der Waals surface area contributed by atoms with Gasteiger partial charge in [-0.2, -0.15) is 0 Å². The second kappa shape index (κ2) is 9.83. The Labute approximate surface area is 201 Å². The molecule has 1 saturated heterocycles. The number of hydrogen-bond acceptors (Lipinski definition) is 4. The number of amides is 2. The minimum atomic E-state index is -0.305. The summed E-state index contributed by atoms with van der Waals surface area (Å²) in [6.45, 7) is 2.66. The minimum Gasteiger partial charge on any atom is -0.378 e. The maximum atomic E-state index is 13.4. The van der Waals surface area contributed by atoms with E-state index in [1.807, 2.05) is 42.5 Å². The maximum Gasteiger partial charge on any atom is 0.265 e. The van der Waals surface area contributed by atoms with Crippen LogP contribution in [0.5, 0.6) is 0 Å². The van der Waals surface area contributed by atoms with Crippen molar-refractivity contribution in [2.24, 2.45) is 0 Å². The number of fused-ring (bicyclic) bond motifs is 1. The van der Waals surface area contributed by atoms with Crippen LogP contribution in [0.4, 0.5) is 10.1 Å². The number of benzene rings is 3. The third-order valence-electron chi connectivity index (χ3n) is 5.84. The molecule has 0 aromatic heterocycles. The van der Waals surface area contributed by atoms with Gasteiger partial charge in [0, 0.05) is 23.5 Å². The fourth-order valence-corrected chi connectivity index (χ4v) is 5.07. The zero-order chi connectivity index (χ0) is 23.5. The van der Waals surface area contributed by atoms with E-state index in [0.717, 1.165) is 21.7 Å². The summed E-state index contributed by atoms with van der Waals surface area (Å²) in [6, 6.07) is 21.3. The van der Waals surface area contributed by atoms with E-state index in [0.29, 0.717) is 43.3 Å². The maximum absolute atomic E-state index is 13.4. The number of nitrogens with zero attached hydrogens (tertiary/aromatic N) is 2. The molecule has 0 bridgehead atoms. The lowest BCUT2D eigenvalue weighted by molar-refractivity contribution is -0.114. The minimum absolute atomic E-state index is 0.00924. The third kappa shape index (κ3) is 4.76. The fourth-order valence-electron chi connectivity index (χ4n) is 4.01. The summed E-state index contributed by atoms with van der Waals surface area (Å²) >= 11 is 1.43. The first-order valence-corrected chi connectivity index (χ1v) is 11.9. The van der Waals surface area contributed by atoms with Crippen molar-refractivity contribution in [1.29, 1.82) is 0 Å². The van der Waals surface area contributed by atoms with E-state index in [4.69, 9.17) is 4.74 Å². The number of hydrogen-bond donors (Lipinski definition) is 0. The summed E-state index contributed by atoms with van der Waals surface area (Å²) < 4.78 is 18.7. The van der Waals surface area contributed by atoms with Gasteiger partial charge < -0.3 is 14.5 Å². The molecule has 2 heterocycles. The molecule has 0 N–H and O–H groups in total. The number of morpholine rings is 1. The summed E-state index contributed by atoms with van der Waals surface area (Å²) in [4.78, 5) is 31.2. The monoisotopic (exact) mass is 474 g/mol. The Balaban J connectivity index is 1.39. The molecule has 5 rings (SSSR count). The number of carbonyl (C=O) groups is 2. The SMILES string of the molecule is O=C(c1ccc(/C=C2\Sc3ccccc3N(Cc3ccc(F)cc3)C2=O)cc1)N1CCOCC1. The van der Waals surface area contributed by atoms with Crippen LogP contribution in [-0.4, -0.2) is 43.0 Å². The number of halogens is 1. The molecule has 0 aliphatic carbocycles. The molecule has 34 heavy (non-hydrogen) atoms. The zero-order valence-corrected chi connectivity index (χ0v) is 19.3. The molecular formula is C27H23FN2O3S. The van der Waals surface area contributed by atoms with E-state index in [1.165, 1.54) is 23.9 Å². The van der Waals surface area contributed by atoms with Crippen LogP contribution in [0.25, 0.3) is 6.08 Å². The van der Waals surface area contributed by atoms with Crippen molar-refractivity contribution in [2.45, 2.75) is 11.4 Å².